The van der Waals surface area contributed by atoms with Crippen LogP contribution in [0.15, 0.2) is 12.2 Å². The molecule has 0 amide bonds. The molecule has 1 rings (SSSR count). The lowest BCUT2D eigenvalue weighted by molar-refractivity contribution is 0.0258. The molecule has 0 aromatic heterocycles. The van der Waals surface area contributed by atoms with Crippen LogP contribution < -0.4 is 0 Å². The van der Waals surface area contributed by atoms with E-state index in [2.05, 4.69) is 13.5 Å². The normalized spacial score (nSPS) is 22.2. The summed E-state index contributed by atoms with van der Waals surface area (Å²) in [4.78, 5) is 0. The molecule has 12 heavy (non-hydrogen) atoms. The Morgan fingerprint density at radius 3 is 2.50 bits per heavy atom. The molecule has 70 valence electrons. The summed E-state index contributed by atoms with van der Waals surface area (Å²) in [7, 11) is 0. The van der Waals surface area contributed by atoms with E-state index in [4.69, 9.17) is 16.3 Å². The van der Waals surface area contributed by atoms with Crippen LogP contribution in [0.3, 0.4) is 0 Å². The largest absolute Gasteiger partial charge is 0.381 e. The highest BCUT2D eigenvalue weighted by Crippen LogP contribution is 2.37. The van der Waals surface area contributed by atoms with Gasteiger partial charge in [-0.3, -0.25) is 0 Å². The third kappa shape index (κ3) is 2.49. The van der Waals surface area contributed by atoms with E-state index in [1.165, 1.54) is 5.57 Å². The molecule has 0 saturated carbocycles. The minimum Gasteiger partial charge on any atom is -0.381 e. The average molecular weight is 189 g/mol. The van der Waals surface area contributed by atoms with Gasteiger partial charge in [0.2, 0.25) is 0 Å². The van der Waals surface area contributed by atoms with Gasteiger partial charge in [0.25, 0.3) is 0 Å². The van der Waals surface area contributed by atoms with E-state index in [0.717, 1.165) is 38.4 Å². The van der Waals surface area contributed by atoms with Crippen molar-refractivity contribution in [1.82, 2.24) is 0 Å². The second-order valence-corrected chi connectivity index (χ2v) is 4.15. The van der Waals surface area contributed by atoms with Crippen LogP contribution in [0.1, 0.15) is 26.2 Å². The smallest absolute Gasteiger partial charge is 0.0471 e. The number of rotatable bonds is 3. The first-order valence-electron chi connectivity index (χ1n) is 4.47. The SMILES string of the molecule is C=C(C)CC1(CCl)CCOCC1. The lowest BCUT2D eigenvalue weighted by Gasteiger charge is -2.35. The van der Waals surface area contributed by atoms with Crippen molar-refractivity contribution in [2.24, 2.45) is 5.41 Å². The van der Waals surface area contributed by atoms with Crippen LogP contribution in [0.2, 0.25) is 0 Å². The Kier molecular flexibility index (Phi) is 3.60. The van der Waals surface area contributed by atoms with Gasteiger partial charge in [0.1, 0.15) is 0 Å². The van der Waals surface area contributed by atoms with Gasteiger partial charge in [0, 0.05) is 19.1 Å². The Morgan fingerprint density at radius 1 is 1.50 bits per heavy atom. The second-order valence-electron chi connectivity index (χ2n) is 3.88. The summed E-state index contributed by atoms with van der Waals surface area (Å²) >= 11 is 5.98. The third-order valence-corrected chi connectivity index (χ3v) is 3.08. The molecule has 0 N–H and O–H groups in total. The quantitative estimate of drug-likeness (QED) is 0.489. The molecule has 0 unspecified atom stereocenters. The van der Waals surface area contributed by atoms with Crippen molar-refractivity contribution in [3.05, 3.63) is 12.2 Å². The molecule has 0 spiro atoms. The highest BCUT2D eigenvalue weighted by Gasteiger charge is 2.31. The minimum absolute atomic E-state index is 0.283. The number of hydrogen-bond acceptors (Lipinski definition) is 1. The van der Waals surface area contributed by atoms with Gasteiger partial charge in [0.15, 0.2) is 0 Å². The second kappa shape index (κ2) is 4.29. The van der Waals surface area contributed by atoms with E-state index in [0.29, 0.717) is 0 Å². The number of alkyl halides is 1. The van der Waals surface area contributed by atoms with Crippen LogP contribution in [0.5, 0.6) is 0 Å². The summed E-state index contributed by atoms with van der Waals surface area (Å²) in [5.74, 6) is 0.739. The fraction of sp³-hybridized carbons (Fsp3) is 0.800. The van der Waals surface area contributed by atoms with Gasteiger partial charge in [-0.05, 0) is 31.6 Å². The molecule has 0 aromatic carbocycles. The number of hydrogen-bond donors (Lipinski definition) is 0. The summed E-state index contributed by atoms with van der Waals surface area (Å²) in [5.41, 5.74) is 1.52. The van der Waals surface area contributed by atoms with Gasteiger partial charge in [-0.25, -0.2) is 0 Å². The molecule has 0 aromatic rings. The van der Waals surface area contributed by atoms with Crippen molar-refractivity contribution in [2.75, 3.05) is 19.1 Å². The summed E-state index contributed by atoms with van der Waals surface area (Å²) in [5, 5.41) is 0. The fourth-order valence-corrected chi connectivity index (χ4v) is 2.16. The Hall–Kier alpha value is -0.0100. The van der Waals surface area contributed by atoms with Crippen molar-refractivity contribution >= 4 is 11.6 Å². The molecule has 1 aliphatic rings. The zero-order chi connectivity index (χ0) is 9.03. The van der Waals surface area contributed by atoms with E-state index >= 15 is 0 Å². The molecule has 1 heterocycles. The standard InChI is InChI=1S/C10H17ClO/c1-9(2)7-10(8-11)3-5-12-6-4-10/h1,3-8H2,2H3. The Bertz CT molecular complexity index is 159. The van der Waals surface area contributed by atoms with Crippen LogP contribution in [0.4, 0.5) is 0 Å². The highest BCUT2D eigenvalue weighted by atomic mass is 35.5. The summed E-state index contributed by atoms with van der Waals surface area (Å²) in [6.45, 7) is 7.74. The summed E-state index contributed by atoms with van der Waals surface area (Å²) < 4.78 is 5.32. The first-order chi connectivity index (χ1) is 5.68. The van der Waals surface area contributed by atoms with E-state index in [9.17, 15) is 0 Å². The van der Waals surface area contributed by atoms with Gasteiger partial charge in [-0.1, -0.05) is 5.57 Å². The van der Waals surface area contributed by atoms with Crippen LogP contribution in [0, 0.1) is 5.41 Å². The van der Waals surface area contributed by atoms with E-state index in [-0.39, 0.29) is 5.41 Å². The number of allylic oxidation sites excluding steroid dienone is 1. The molecule has 1 aliphatic heterocycles. The van der Waals surface area contributed by atoms with E-state index < -0.39 is 0 Å². The monoisotopic (exact) mass is 188 g/mol. The number of halogens is 1. The molecule has 0 atom stereocenters. The maximum absolute atomic E-state index is 5.98. The van der Waals surface area contributed by atoms with Crippen molar-refractivity contribution in [2.45, 2.75) is 26.2 Å². The zero-order valence-corrected chi connectivity index (χ0v) is 8.49. The van der Waals surface area contributed by atoms with Crippen molar-refractivity contribution in [1.29, 1.82) is 0 Å². The zero-order valence-electron chi connectivity index (χ0n) is 7.74. The van der Waals surface area contributed by atoms with Crippen molar-refractivity contribution in [3.63, 3.8) is 0 Å². The molecule has 1 nitrogen and oxygen atoms in total. The van der Waals surface area contributed by atoms with Crippen LogP contribution in [0.25, 0.3) is 0 Å². The van der Waals surface area contributed by atoms with Crippen molar-refractivity contribution < 1.29 is 4.74 Å². The summed E-state index contributed by atoms with van der Waals surface area (Å²) in [6.07, 6.45) is 3.23. The third-order valence-electron chi connectivity index (χ3n) is 2.51. The lowest BCUT2D eigenvalue weighted by Crippen LogP contribution is -2.31. The van der Waals surface area contributed by atoms with Gasteiger partial charge in [0.05, 0.1) is 0 Å². The predicted molar refractivity (Wildman–Crippen MR) is 52.6 cm³/mol. The highest BCUT2D eigenvalue weighted by molar-refractivity contribution is 6.18. The molecule has 0 bridgehead atoms. The molecule has 1 saturated heterocycles. The Morgan fingerprint density at radius 2 is 2.08 bits per heavy atom. The maximum Gasteiger partial charge on any atom is 0.0471 e. The van der Waals surface area contributed by atoms with Gasteiger partial charge in [-0.2, -0.15) is 0 Å². The molecular formula is C10H17ClO. The first-order valence-corrected chi connectivity index (χ1v) is 5.00. The van der Waals surface area contributed by atoms with Crippen LogP contribution in [-0.4, -0.2) is 19.1 Å². The maximum atomic E-state index is 5.98. The molecule has 1 fully saturated rings. The molecule has 2 heteroatoms. The molecular weight excluding hydrogens is 172 g/mol. The number of ether oxygens (including phenoxy) is 1. The first kappa shape index (κ1) is 10.1. The van der Waals surface area contributed by atoms with Gasteiger partial charge >= 0.3 is 0 Å². The Labute approximate surface area is 79.7 Å². The van der Waals surface area contributed by atoms with Gasteiger partial charge < -0.3 is 4.74 Å². The van der Waals surface area contributed by atoms with E-state index in [1.54, 1.807) is 0 Å². The molecule has 0 radical (unpaired) electrons. The van der Waals surface area contributed by atoms with Crippen LogP contribution >= 0.6 is 11.6 Å². The topological polar surface area (TPSA) is 9.23 Å². The van der Waals surface area contributed by atoms with Gasteiger partial charge in [-0.15, -0.1) is 18.2 Å². The van der Waals surface area contributed by atoms with Crippen molar-refractivity contribution in [3.8, 4) is 0 Å². The molecule has 0 aliphatic carbocycles. The lowest BCUT2D eigenvalue weighted by atomic mass is 9.77. The minimum atomic E-state index is 0.283. The van der Waals surface area contributed by atoms with Crippen LogP contribution in [-0.2, 0) is 4.74 Å². The average Bonchev–Trinajstić information content (AvgIpc) is 2.05. The fourth-order valence-electron chi connectivity index (χ4n) is 1.80. The predicted octanol–water partition coefficient (Wildman–Crippen LogP) is 2.99. The van der Waals surface area contributed by atoms with E-state index in [1.807, 2.05) is 0 Å². The Balaban J connectivity index is 2.53. The summed E-state index contributed by atoms with van der Waals surface area (Å²) in [6, 6.07) is 0.